The highest BCUT2D eigenvalue weighted by Gasteiger charge is 2.10. The van der Waals surface area contributed by atoms with Crippen molar-refractivity contribution in [2.24, 2.45) is 5.73 Å². The Balaban J connectivity index is 2.59. The van der Waals surface area contributed by atoms with Gasteiger partial charge in [0.25, 0.3) is 0 Å². The predicted molar refractivity (Wildman–Crippen MR) is 65.8 cm³/mol. The van der Waals surface area contributed by atoms with E-state index in [1.165, 1.54) is 5.56 Å². The average Bonchev–Trinajstić information content (AvgIpc) is 2.34. The average molecular weight is 220 g/mol. The minimum Gasteiger partial charge on any atom is -0.338 e. The van der Waals surface area contributed by atoms with Crippen molar-refractivity contribution in [2.45, 2.75) is 26.3 Å². The van der Waals surface area contributed by atoms with Crippen LogP contribution in [-0.2, 0) is 11.3 Å². The Bertz CT molecular complexity index is 311. The summed E-state index contributed by atoms with van der Waals surface area (Å²) in [6.07, 6.45) is 1.41. The third-order valence-electron chi connectivity index (χ3n) is 2.50. The van der Waals surface area contributed by atoms with Crippen LogP contribution in [0.2, 0.25) is 0 Å². The van der Waals surface area contributed by atoms with E-state index in [0.29, 0.717) is 19.5 Å². The van der Waals surface area contributed by atoms with Gasteiger partial charge in [-0.15, -0.1) is 0 Å². The van der Waals surface area contributed by atoms with E-state index < -0.39 is 0 Å². The lowest BCUT2D eigenvalue weighted by molar-refractivity contribution is -0.131. The topological polar surface area (TPSA) is 46.3 Å². The Hall–Kier alpha value is -1.35. The summed E-state index contributed by atoms with van der Waals surface area (Å²) in [4.78, 5) is 13.6. The van der Waals surface area contributed by atoms with Gasteiger partial charge in [-0.25, -0.2) is 0 Å². The predicted octanol–water partition coefficient (Wildman–Crippen LogP) is 1.77. The summed E-state index contributed by atoms with van der Waals surface area (Å²) in [5, 5.41) is 0. The quantitative estimate of drug-likeness (QED) is 0.794. The molecule has 1 amide bonds. The number of rotatable bonds is 6. The maximum Gasteiger partial charge on any atom is 0.222 e. The van der Waals surface area contributed by atoms with E-state index in [1.54, 1.807) is 0 Å². The summed E-state index contributed by atoms with van der Waals surface area (Å²) in [5.74, 6) is 0.192. The lowest BCUT2D eigenvalue weighted by atomic mass is 10.2. The number of amides is 1. The normalized spacial score (nSPS) is 10.1. The molecule has 0 bridgehead atoms. The highest BCUT2D eigenvalue weighted by Crippen LogP contribution is 2.06. The molecule has 1 rings (SSSR count). The molecule has 0 fully saturated rings. The SMILES string of the molecule is CCC(=O)N(CCCN)Cc1ccccc1. The molecular weight excluding hydrogens is 200 g/mol. The first-order chi connectivity index (χ1) is 7.77. The standard InChI is InChI=1S/C13H20N2O/c1-2-13(16)15(10-6-9-14)11-12-7-4-3-5-8-12/h3-5,7-8H,2,6,9-11,14H2,1H3. The van der Waals surface area contributed by atoms with Gasteiger partial charge in [0, 0.05) is 19.5 Å². The number of carbonyl (C=O) groups is 1. The molecule has 0 radical (unpaired) electrons. The zero-order chi connectivity index (χ0) is 11.8. The van der Waals surface area contributed by atoms with E-state index in [2.05, 4.69) is 0 Å². The molecule has 0 unspecified atom stereocenters. The molecule has 1 aromatic carbocycles. The molecule has 0 spiro atoms. The number of nitrogens with two attached hydrogens (primary N) is 1. The summed E-state index contributed by atoms with van der Waals surface area (Å²) in [7, 11) is 0. The molecule has 0 aliphatic rings. The van der Waals surface area contributed by atoms with Crippen LogP contribution in [-0.4, -0.2) is 23.9 Å². The van der Waals surface area contributed by atoms with Gasteiger partial charge in [-0.05, 0) is 18.5 Å². The summed E-state index contributed by atoms with van der Waals surface area (Å²) >= 11 is 0. The Labute approximate surface area is 97.2 Å². The molecule has 1 aromatic rings. The number of benzene rings is 1. The van der Waals surface area contributed by atoms with Crippen LogP contribution in [0.15, 0.2) is 30.3 Å². The van der Waals surface area contributed by atoms with Gasteiger partial charge < -0.3 is 10.6 Å². The molecule has 0 aliphatic carbocycles. The first kappa shape index (κ1) is 12.7. The smallest absolute Gasteiger partial charge is 0.222 e. The lowest BCUT2D eigenvalue weighted by Gasteiger charge is -2.22. The fourth-order valence-electron chi connectivity index (χ4n) is 1.60. The van der Waals surface area contributed by atoms with Crippen molar-refractivity contribution in [2.75, 3.05) is 13.1 Å². The minimum atomic E-state index is 0.192. The van der Waals surface area contributed by atoms with E-state index in [-0.39, 0.29) is 5.91 Å². The van der Waals surface area contributed by atoms with E-state index in [9.17, 15) is 4.79 Å². The first-order valence-corrected chi connectivity index (χ1v) is 5.79. The van der Waals surface area contributed by atoms with Gasteiger partial charge in [0.1, 0.15) is 0 Å². The van der Waals surface area contributed by atoms with Crippen molar-refractivity contribution in [3.63, 3.8) is 0 Å². The summed E-state index contributed by atoms with van der Waals surface area (Å²) in [5.41, 5.74) is 6.64. The van der Waals surface area contributed by atoms with Crippen molar-refractivity contribution in [1.29, 1.82) is 0 Å². The van der Waals surface area contributed by atoms with Gasteiger partial charge in [-0.3, -0.25) is 4.79 Å². The largest absolute Gasteiger partial charge is 0.338 e. The van der Waals surface area contributed by atoms with Gasteiger partial charge in [-0.1, -0.05) is 37.3 Å². The molecule has 0 saturated heterocycles. The van der Waals surface area contributed by atoms with Crippen LogP contribution in [0.3, 0.4) is 0 Å². The second kappa shape index (κ2) is 7.01. The van der Waals surface area contributed by atoms with Crippen LogP contribution in [0.4, 0.5) is 0 Å². The molecule has 0 atom stereocenters. The fourth-order valence-corrected chi connectivity index (χ4v) is 1.60. The van der Waals surface area contributed by atoms with Gasteiger partial charge in [0.05, 0.1) is 0 Å². The van der Waals surface area contributed by atoms with Crippen LogP contribution in [0.1, 0.15) is 25.3 Å². The maximum atomic E-state index is 11.7. The number of nitrogens with zero attached hydrogens (tertiary/aromatic N) is 1. The molecule has 3 heteroatoms. The van der Waals surface area contributed by atoms with Gasteiger partial charge in [-0.2, -0.15) is 0 Å². The molecule has 0 heterocycles. The highest BCUT2D eigenvalue weighted by atomic mass is 16.2. The van der Waals surface area contributed by atoms with Gasteiger partial charge >= 0.3 is 0 Å². The molecule has 3 nitrogen and oxygen atoms in total. The maximum absolute atomic E-state index is 11.7. The van der Waals surface area contributed by atoms with Crippen molar-refractivity contribution in [3.8, 4) is 0 Å². The minimum absolute atomic E-state index is 0.192. The molecule has 0 saturated carbocycles. The zero-order valence-corrected chi connectivity index (χ0v) is 9.86. The van der Waals surface area contributed by atoms with E-state index in [4.69, 9.17) is 5.73 Å². The van der Waals surface area contributed by atoms with Crippen molar-refractivity contribution in [1.82, 2.24) is 4.90 Å². The summed E-state index contributed by atoms with van der Waals surface area (Å²) < 4.78 is 0. The number of hydrogen-bond donors (Lipinski definition) is 1. The van der Waals surface area contributed by atoms with Crippen LogP contribution < -0.4 is 5.73 Å². The number of hydrogen-bond acceptors (Lipinski definition) is 2. The summed E-state index contributed by atoms with van der Waals surface area (Å²) in [6.45, 7) is 3.95. The summed E-state index contributed by atoms with van der Waals surface area (Å²) in [6, 6.07) is 10.0. The van der Waals surface area contributed by atoms with Crippen LogP contribution in [0.5, 0.6) is 0 Å². The van der Waals surface area contributed by atoms with Crippen molar-refractivity contribution >= 4 is 5.91 Å². The van der Waals surface area contributed by atoms with E-state index in [0.717, 1.165) is 13.0 Å². The van der Waals surface area contributed by atoms with Crippen molar-refractivity contribution in [3.05, 3.63) is 35.9 Å². The third kappa shape index (κ3) is 4.03. The monoisotopic (exact) mass is 220 g/mol. The second-order valence-electron chi connectivity index (χ2n) is 3.80. The van der Waals surface area contributed by atoms with Crippen LogP contribution in [0.25, 0.3) is 0 Å². The van der Waals surface area contributed by atoms with Gasteiger partial charge in [0.15, 0.2) is 0 Å². The zero-order valence-electron chi connectivity index (χ0n) is 9.86. The third-order valence-corrected chi connectivity index (χ3v) is 2.50. The highest BCUT2D eigenvalue weighted by molar-refractivity contribution is 5.75. The molecule has 16 heavy (non-hydrogen) atoms. The van der Waals surface area contributed by atoms with E-state index >= 15 is 0 Å². The molecule has 88 valence electrons. The Morgan fingerprint density at radius 1 is 1.31 bits per heavy atom. The Kier molecular flexibility index (Phi) is 5.57. The van der Waals surface area contributed by atoms with Crippen LogP contribution >= 0.6 is 0 Å². The Morgan fingerprint density at radius 3 is 2.56 bits per heavy atom. The molecule has 0 aromatic heterocycles. The molecular formula is C13H20N2O. The van der Waals surface area contributed by atoms with E-state index in [1.807, 2.05) is 42.2 Å². The van der Waals surface area contributed by atoms with Gasteiger partial charge in [0.2, 0.25) is 5.91 Å². The first-order valence-electron chi connectivity index (χ1n) is 5.79. The van der Waals surface area contributed by atoms with Crippen LogP contribution in [0, 0.1) is 0 Å². The molecule has 0 aliphatic heterocycles. The lowest BCUT2D eigenvalue weighted by Crippen LogP contribution is -2.31. The fraction of sp³-hybridized carbons (Fsp3) is 0.462. The second-order valence-corrected chi connectivity index (χ2v) is 3.80. The Morgan fingerprint density at radius 2 is 2.00 bits per heavy atom. The van der Waals surface area contributed by atoms with Crippen molar-refractivity contribution < 1.29 is 4.79 Å². The number of carbonyl (C=O) groups excluding carboxylic acids is 1. The molecule has 2 N–H and O–H groups in total.